The van der Waals surface area contributed by atoms with Crippen LogP contribution in [0, 0.1) is 5.92 Å². The number of nitrogens with zero attached hydrogens (tertiary/aromatic N) is 2. The molecule has 0 spiro atoms. The average molecular weight is 222 g/mol. The van der Waals surface area contributed by atoms with Crippen molar-refractivity contribution in [2.75, 3.05) is 0 Å². The second kappa shape index (κ2) is 4.22. The molecule has 0 bridgehead atoms. The third-order valence-corrected chi connectivity index (χ3v) is 1.85. The summed E-state index contributed by atoms with van der Waals surface area (Å²) in [6.45, 7) is 3.67. The van der Waals surface area contributed by atoms with Gasteiger partial charge in [-0.3, -0.25) is 4.68 Å². The molecule has 0 saturated carbocycles. The average Bonchev–Trinajstić information content (AvgIpc) is 2.45. The zero-order valence-electron chi connectivity index (χ0n) is 8.54. The lowest BCUT2D eigenvalue weighted by molar-refractivity contribution is -0.141. The normalized spacial score (nSPS) is 12.5. The summed E-state index contributed by atoms with van der Waals surface area (Å²) < 4.78 is 38.1. The lowest BCUT2D eigenvalue weighted by atomic mass is 10.2. The van der Waals surface area contributed by atoms with Crippen molar-refractivity contribution in [1.82, 2.24) is 9.78 Å². The Bertz CT molecular complexity index is 331. The van der Waals surface area contributed by atoms with Gasteiger partial charge in [0.25, 0.3) is 0 Å². The topological polar surface area (TPSA) is 38.0 Å². The lowest BCUT2D eigenvalue weighted by Crippen LogP contribution is -2.11. The van der Waals surface area contributed by atoms with E-state index in [2.05, 4.69) is 5.10 Å². The molecule has 0 aliphatic rings. The number of aliphatic hydroxyl groups is 1. The van der Waals surface area contributed by atoms with E-state index in [1.807, 2.05) is 13.8 Å². The fraction of sp³-hybridized carbons (Fsp3) is 0.667. The van der Waals surface area contributed by atoms with Crippen molar-refractivity contribution in [2.45, 2.75) is 33.2 Å². The highest BCUT2D eigenvalue weighted by atomic mass is 19.4. The molecule has 0 radical (unpaired) electrons. The maximum atomic E-state index is 12.3. The number of rotatable bonds is 3. The Kier molecular flexibility index (Phi) is 3.38. The highest BCUT2D eigenvalue weighted by Crippen LogP contribution is 2.28. The molecule has 1 N–H and O–H groups in total. The van der Waals surface area contributed by atoms with Crippen molar-refractivity contribution in [3.63, 3.8) is 0 Å². The van der Waals surface area contributed by atoms with Crippen LogP contribution in [0.2, 0.25) is 0 Å². The zero-order chi connectivity index (χ0) is 11.6. The molecule has 15 heavy (non-hydrogen) atoms. The lowest BCUT2D eigenvalue weighted by Gasteiger charge is -2.07. The summed E-state index contributed by atoms with van der Waals surface area (Å²) >= 11 is 0. The first kappa shape index (κ1) is 12.0. The molecule has 3 nitrogen and oxygen atoms in total. The molecule has 1 aromatic rings. The van der Waals surface area contributed by atoms with Crippen LogP contribution in [0.4, 0.5) is 13.2 Å². The first-order chi connectivity index (χ1) is 6.84. The van der Waals surface area contributed by atoms with E-state index >= 15 is 0 Å². The van der Waals surface area contributed by atoms with Crippen LogP contribution in [0.3, 0.4) is 0 Å². The SMILES string of the molecule is CC(C)Cn1nc(C(F)(F)F)cc1CO. The maximum Gasteiger partial charge on any atom is 0.435 e. The highest BCUT2D eigenvalue weighted by molar-refractivity contribution is 5.12. The molecule has 0 aliphatic carbocycles. The van der Waals surface area contributed by atoms with Gasteiger partial charge in [-0.15, -0.1) is 0 Å². The fourth-order valence-electron chi connectivity index (χ4n) is 1.23. The number of hydrogen-bond acceptors (Lipinski definition) is 2. The number of aliphatic hydroxyl groups excluding tert-OH is 1. The van der Waals surface area contributed by atoms with Gasteiger partial charge in [-0.05, 0) is 12.0 Å². The summed E-state index contributed by atoms with van der Waals surface area (Å²) in [5.74, 6) is 0.177. The molecule has 0 saturated heterocycles. The summed E-state index contributed by atoms with van der Waals surface area (Å²) in [6, 6.07) is 0.877. The molecular weight excluding hydrogens is 209 g/mol. The van der Waals surface area contributed by atoms with Crippen LogP contribution >= 0.6 is 0 Å². The van der Waals surface area contributed by atoms with Crippen LogP contribution in [0.5, 0.6) is 0 Å². The quantitative estimate of drug-likeness (QED) is 0.849. The van der Waals surface area contributed by atoms with E-state index in [4.69, 9.17) is 5.11 Å². The third kappa shape index (κ3) is 2.95. The van der Waals surface area contributed by atoms with Gasteiger partial charge in [0, 0.05) is 6.54 Å². The monoisotopic (exact) mass is 222 g/mol. The van der Waals surface area contributed by atoms with Gasteiger partial charge < -0.3 is 5.11 Å². The predicted octanol–water partition coefficient (Wildman–Crippen LogP) is 2.05. The Balaban J connectivity index is 3.00. The molecular formula is C9H13F3N2O. The van der Waals surface area contributed by atoms with Crippen LogP contribution in [-0.4, -0.2) is 14.9 Å². The van der Waals surface area contributed by atoms with Gasteiger partial charge in [0.15, 0.2) is 5.69 Å². The van der Waals surface area contributed by atoms with Crippen molar-refractivity contribution in [1.29, 1.82) is 0 Å². The van der Waals surface area contributed by atoms with Crippen molar-refractivity contribution >= 4 is 0 Å². The first-order valence-electron chi connectivity index (χ1n) is 4.59. The Labute approximate surface area is 85.5 Å². The molecule has 0 aliphatic heterocycles. The first-order valence-corrected chi connectivity index (χ1v) is 4.59. The fourth-order valence-corrected chi connectivity index (χ4v) is 1.23. The van der Waals surface area contributed by atoms with Gasteiger partial charge >= 0.3 is 6.18 Å². The number of hydrogen-bond donors (Lipinski definition) is 1. The van der Waals surface area contributed by atoms with Gasteiger partial charge in [0.05, 0.1) is 12.3 Å². The van der Waals surface area contributed by atoms with E-state index in [0.29, 0.717) is 6.54 Å². The predicted molar refractivity (Wildman–Crippen MR) is 48.0 cm³/mol. The van der Waals surface area contributed by atoms with Gasteiger partial charge in [-0.1, -0.05) is 13.8 Å². The minimum Gasteiger partial charge on any atom is -0.390 e. The van der Waals surface area contributed by atoms with Gasteiger partial charge in [0.2, 0.25) is 0 Å². The molecule has 1 heterocycles. The van der Waals surface area contributed by atoms with Gasteiger partial charge in [-0.2, -0.15) is 18.3 Å². The van der Waals surface area contributed by atoms with Crippen molar-refractivity contribution < 1.29 is 18.3 Å². The third-order valence-electron chi connectivity index (χ3n) is 1.85. The van der Waals surface area contributed by atoms with E-state index in [1.54, 1.807) is 0 Å². The smallest absolute Gasteiger partial charge is 0.390 e. The molecule has 0 fully saturated rings. The van der Waals surface area contributed by atoms with Crippen molar-refractivity contribution in [3.05, 3.63) is 17.5 Å². The maximum absolute atomic E-state index is 12.3. The molecule has 86 valence electrons. The van der Waals surface area contributed by atoms with E-state index in [1.165, 1.54) is 4.68 Å². The molecule has 0 atom stereocenters. The van der Waals surface area contributed by atoms with E-state index < -0.39 is 18.5 Å². The minimum atomic E-state index is -4.45. The van der Waals surface area contributed by atoms with Crippen LogP contribution in [-0.2, 0) is 19.3 Å². The summed E-state index contributed by atoms with van der Waals surface area (Å²) in [7, 11) is 0. The summed E-state index contributed by atoms with van der Waals surface area (Å²) in [5, 5.41) is 12.3. The summed E-state index contributed by atoms with van der Waals surface area (Å²) in [4.78, 5) is 0. The van der Waals surface area contributed by atoms with Crippen molar-refractivity contribution in [2.24, 2.45) is 5.92 Å². The van der Waals surface area contributed by atoms with Gasteiger partial charge in [-0.25, -0.2) is 0 Å². The summed E-state index contributed by atoms with van der Waals surface area (Å²) in [5.41, 5.74) is -0.761. The molecule has 6 heteroatoms. The van der Waals surface area contributed by atoms with Crippen molar-refractivity contribution in [3.8, 4) is 0 Å². The molecule has 1 rings (SSSR count). The Hall–Kier alpha value is -1.04. The molecule has 0 aromatic carbocycles. The Morgan fingerprint density at radius 1 is 1.47 bits per heavy atom. The summed E-state index contributed by atoms with van der Waals surface area (Å²) in [6.07, 6.45) is -4.45. The van der Waals surface area contributed by atoms with Gasteiger partial charge in [0.1, 0.15) is 0 Å². The van der Waals surface area contributed by atoms with Crippen LogP contribution < -0.4 is 0 Å². The van der Waals surface area contributed by atoms with Crippen LogP contribution in [0.1, 0.15) is 25.2 Å². The van der Waals surface area contributed by atoms with Crippen LogP contribution in [0.15, 0.2) is 6.07 Å². The molecule has 0 unspecified atom stereocenters. The second-order valence-electron chi connectivity index (χ2n) is 3.75. The largest absolute Gasteiger partial charge is 0.435 e. The van der Waals surface area contributed by atoms with E-state index in [0.717, 1.165) is 6.07 Å². The standard InChI is InChI=1S/C9H13F3N2O/c1-6(2)4-14-7(5-15)3-8(13-14)9(10,11)12/h3,6,15H,4-5H2,1-2H3. The van der Waals surface area contributed by atoms with Crippen LogP contribution in [0.25, 0.3) is 0 Å². The molecule has 1 aromatic heterocycles. The molecule has 0 amide bonds. The Morgan fingerprint density at radius 3 is 2.47 bits per heavy atom. The Morgan fingerprint density at radius 2 is 2.07 bits per heavy atom. The van der Waals surface area contributed by atoms with E-state index in [9.17, 15) is 13.2 Å². The zero-order valence-corrected chi connectivity index (χ0v) is 8.54. The number of aromatic nitrogens is 2. The number of alkyl halides is 3. The highest BCUT2D eigenvalue weighted by Gasteiger charge is 2.34. The second-order valence-corrected chi connectivity index (χ2v) is 3.75. The minimum absolute atomic E-state index is 0.177. The number of halogens is 3. The van der Waals surface area contributed by atoms with E-state index in [-0.39, 0.29) is 11.6 Å².